The first kappa shape index (κ1) is 16.5. The highest BCUT2D eigenvalue weighted by Crippen LogP contribution is 2.49. The molecular weight excluding hydrogens is 350 g/mol. The van der Waals surface area contributed by atoms with Crippen molar-refractivity contribution in [2.75, 3.05) is 4.90 Å². The molecule has 4 nitrogen and oxygen atoms in total. The number of hydrogen-bond acceptors (Lipinski definition) is 3. The third-order valence-corrected chi connectivity index (χ3v) is 5.27. The third-order valence-electron chi connectivity index (χ3n) is 5.27. The summed E-state index contributed by atoms with van der Waals surface area (Å²) in [5, 5.41) is 0. The van der Waals surface area contributed by atoms with Crippen molar-refractivity contribution in [2.24, 2.45) is 0 Å². The zero-order valence-electron chi connectivity index (χ0n) is 15.0. The van der Waals surface area contributed by atoms with Gasteiger partial charge in [-0.2, -0.15) is 0 Å². The predicted octanol–water partition coefficient (Wildman–Crippen LogP) is 4.29. The summed E-state index contributed by atoms with van der Waals surface area (Å²) in [5.41, 5.74) is 2.55. The van der Waals surface area contributed by atoms with E-state index in [4.69, 9.17) is 4.74 Å². The predicted molar refractivity (Wildman–Crippen MR) is 107 cm³/mol. The van der Waals surface area contributed by atoms with Crippen LogP contribution in [-0.4, -0.2) is 17.5 Å². The Hall–Kier alpha value is -3.66. The highest BCUT2D eigenvalue weighted by Gasteiger charge is 2.56. The van der Waals surface area contributed by atoms with Crippen LogP contribution >= 0.6 is 0 Å². The van der Waals surface area contributed by atoms with Crippen LogP contribution in [0.3, 0.4) is 0 Å². The van der Waals surface area contributed by atoms with Crippen molar-refractivity contribution in [3.63, 3.8) is 0 Å². The molecule has 136 valence electrons. The summed E-state index contributed by atoms with van der Waals surface area (Å²) in [7, 11) is 0. The topological polar surface area (TPSA) is 46.6 Å². The number of carbonyl (C=O) groups is 2. The van der Waals surface area contributed by atoms with Gasteiger partial charge in [0, 0.05) is 29.3 Å². The molecule has 28 heavy (non-hydrogen) atoms. The lowest BCUT2D eigenvalue weighted by Crippen LogP contribution is -2.53. The van der Waals surface area contributed by atoms with Gasteiger partial charge < -0.3 is 4.74 Å². The molecule has 3 aromatic carbocycles. The molecule has 1 amide bonds. The van der Waals surface area contributed by atoms with Crippen LogP contribution in [0.15, 0.2) is 91.0 Å². The normalized spacial score (nSPS) is 20.3. The summed E-state index contributed by atoms with van der Waals surface area (Å²) < 4.78 is 5.75. The lowest BCUT2D eigenvalue weighted by atomic mass is 9.78. The number of ether oxygens (including phenoxy) is 1. The van der Waals surface area contributed by atoms with Crippen LogP contribution < -0.4 is 4.90 Å². The Kier molecular flexibility index (Phi) is 3.66. The van der Waals surface area contributed by atoms with E-state index in [2.05, 4.69) is 0 Å². The van der Waals surface area contributed by atoms with Gasteiger partial charge in [0.1, 0.15) is 0 Å². The standard InChI is InChI=1S/C24H17NO3/c26-22-15-20-19-13-7-8-14-21(19)25(18-11-5-2-6-12-18)23(27)24(20,28-22)16-17-9-3-1-4-10-17/h1-15H,16H2. The molecule has 4 heteroatoms. The largest absolute Gasteiger partial charge is 0.440 e. The zero-order chi connectivity index (χ0) is 19.1. The minimum absolute atomic E-state index is 0.252. The molecule has 0 aromatic heterocycles. The van der Waals surface area contributed by atoms with Crippen molar-refractivity contribution in [3.05, 3.63) is 102 Å². The van der Waals surface area contributed by atoms with Gasteiger partial charge in [-0.1, -0.05) is 66.7 Å². The van der Waals surface area contributed by atoms with Crippen LogP contribution in [0.1, 0.15) is 11.1 Å². The second kappa shape index (κ2) is 6.20. The molecule has 0 saturated carbocycles. The van der Waals surface area contributed by atoms with E-state index in [-0.39, 0.29) is 5.91 Å². The van der Waals surface area contributed by atoms with Crippen LogP contribution in [0.4, 0.5) is 11.4 Å². The van der Waals surface area contributed by atoms with E-state index in [0.717, 1.165) is 22.5 Å². The van der Waals surface area contributed by atoms with Gasteiger partial charge >= 0.3 is 5.97 Å². The monoisotopic (exact) mass is 367 g/mol. The Labute approximate surface area is 162 Å². The number of rotatable bonds is 3. The average Bonchev–Trinajstić information content (AvgIpc) is 3.07. The van der Waals surface area contributed by atoms with Gasteiger partial charge in [0.15, 0.2) is 0 Å². The van der Waals surface area contributed by atoms with E-state index < -0.39 is 11.6 Å². The van der Waals surface area contributed by atoms with Gasteiger partial charge in [-0.25, -0.2) is 4.79 Å². The van der Waals surface area contributed by atoms with Crippen LogP contribution in [0.2, 0.25) is 0 Å². The van der Waals surface area contributed by atoms with Gasteiger partial charge in [0.05, 0.1) is 5.69 Å². The number of amides is 1. The SMILES string of the molecule is O=C1C=C2c3ccccc3N(c3ccccc3)C(=O)C2(Cc2ccccc2)O1. The van der Waals surface area contributed by atoms with E-state index in [1.165, 1.54) is 6.08 Å². The summed E-state index contributed by atoms with van der Waals surface area (Å²) >= 11 is 0. The van der Waals surface area contributed by atoms with Gasteiger partial charge in [0.2, 0.25) is 5.60 Å². The molecule has 2 heterocycles. The summed E-state index contributed by atoms with van der Waals surface area (Å²) in [6.45, 7) is 0. The molecule has 2 aliphatic heterocycles. The number of hydrogen-bond donors (Lipinski definition) is 0. The number of fused-ring (bicyclic) bond motifs is 3. The van der Waals surface area contributed by atoms with Crippen molar-refractivity contribution < 1.29 is 14.3 Å². The maximum absolute atomic E-state index is 13.8. The van der Waals surface area contributed by atoms with Crippen molar-refractivity contribution in [2.45, 2.75) is 12.0 Å². The summed E-state index contributed by atoms with van der Waals surface area (Å²) in [4.78, 5) is 27.8. The van der Waals surface area contributed by atoms with E-state index in [1.807, 2.05) is 84.9 Å². The summed E-state index contributed by atoms with van der Waals surface area (Å²) in [5.74, 6) is -0.734. The Morgan fingerprint density at radius 3 is 2.18 bits per heavy atom. The zero-order valence-corrected chi connectivity index (χ0v) is 15.0. The fourth-order valence-electron chi connectivity index (χ4n) is 4.05. The quantitative estimate of drug-likeness (QED) is 0.649. The molecule has 0 spiro atoms. The number of benzene rings is 3. The van der Waals surface area contributed by atoms with Crippen LogP contribution in [-0.2, 0) is 20.7 Å². The maximum atomic E-state index is 13.8. The Balaban J connectivity index is 1.74. The molecule has 0 saturated heterocycles. The van der Waals surface area contributed by atoms with Crippen molar-refractivity contribution in [1.82, 2.24) is 0 Å². The number of nitrogens with zero attached hydrogens (tertiary/aromatic N) is 1. The Morgan fingerprint density at radius 1 is 0.786 bits per heavy atom. The number of carbonyl (C=O) groups excluding carboxylic acids is 2. The second-order valence-electron chi connectivity index (χ2n) is 6.96. The van der Waals surface area contributed by atoms with Crippen LogP contribution in [0.5, 0.6) is 0 Å². The van der Waals surface area contributed by atoms with E-state index in [1.54, 1.807) is 4.90 Å². The second-order valence-corrected chi connectivity index (χ2v) is 6.96. The molecule has 0 radical (unpaired) electrons. The molecule has 1 unspecified atom stereocenters. The van der Waals surface area contributed by atoms with E-state index in [9.17, 15) is 9.59 Å². The molecule has 0 bridgehead atoms. The van der Waals surface area contributed by atoms with Crippen molar-refractivity contribution in [3.8, 4) is 0 Å². The third kappa shape index (κ3) is 2.38. The summed E-state index contributed by atoms with van der Waals surface area (Å²) in [6, 6.07) is 26.7. The van der Waals surface area contributed by atoms with Gasteiger partial charge in [-0.15, -0.1) is 0 Å². The van der Waals surface area contributed by atoms with Crippen molar-refractivity contribution in [1.29, 1.82) is 0 Å². The number of para-hydroxylation sites is 2. The fraction of sp³-hybridized carbons (Fsp3) is 0.0833. The molecule has 3 aromatic rings. The lowest BCUT2D eigenvalue weighted by Gasteiger charge is -2.41. The first-order valence-corrected chi connectivity index (χ1v) is 9.17. The molecule has 2 aliphatic rings. The highest BCUT2D eigenvalue weighted by atomic mass is 16.6. The average molecular weight is 367 g/mol. The smallest absolute Gasteiger partial charge is 0.332 e. The Morgan fingerprint density at radius 2 is 1.43 bits per heavy atom. The molecular formula is C24H17NO3. The lowest BCUT2D eigenvalue weighted by molar-refractivity contribution is -0.153. The first-order chi connectivity index (χ1) is 13.7. The first-order valence-electron chi connectivity index (χ1n) is 9.17. The molecule has 0 aliphatic carbocycles. The Bertz CT molecular complexity index is 1100. The van der Waals surface area contributed by atoms with Crippen LogP contribution in [0, 0.1) is 0 Å². The van der Waals surface area contributed by atoms with Gasteiger partial charge in [0.25, 0.3) is 5.91 Å². The molecule has 0 fully saturated rings. The van der Waals surface area contributed by atoms with E-state index in [0.29, 0.717) is 12.0 Å². The molecule has 5 rings (SSSR count). The van der Waals surface area contributed by atoms with Crippen LogP contribution in [0.25, 0.3) is 5.57 Å². The molecule has 1 atom stereocenters. The highest BCUT2D eigenvalue weighted by molar-refractivity contribution is 6.22. The number of anilines is 2. The van der Waals surface area contributed by atoms with Crippen molar-refractivity contribution >= 4 is 28.8 Å². The molecule has 0 N–H and O–H groups in total. The summed E-state index contributed by atoms with van der Waals surface area (Å²) in [6.07, 6.45) is 1.75. The minimum Gasteiger partial charge on any atom is -0.440 e. The maximum Gasteiger partial charge on any atom is 0.332 e. The number of esters is 1. The minimum atomic E-state index is -1.36. The fourth-order valence-corrected chi connectivity index (χ4v) is 4.05. The van der Waals surface area contributed by atoms with Gasteiger partial charge in [-0.3, -0.25) is 9.69 Å². The van der Waals surface area contributed by atoms with E-state index >= 15 is 0 Å². The van der Waals surface area contributed by atoms with Gasteiger partial charge in [-0.05, 0) is 23.8 Å².